The number of ether oxygens (including phenoxy) is 3. The molecule has 6 nitrogen and oxygen atoms in total. The number of nitrogens with zero attached hydrogens (tertiary/aromatic N) is 1. The summed E-state index contributed by atoms with van der Waals surface area (Å²) >= 11 is 3.08. The Morgan fingerprint density at radius 1 is 1.13 bits per heavy atom. The molecule has 0 spiro atoms. The van der Waals surface area contributed by atoms with Gasteiger partial charge in [0, 0.05) is 0 Å². The van der Waals surface area contributed by atoms with Crippen molar-refractivity contribution >= 4 is 51.6 Å². The van der Waals surface area contributed by atoms with E-state index in [1.807, 2.05) is 43.3 Å². The molecule has 3 rings (SSSR count). The molecule has 1 fully saturated rings. The molecule has 0 unspecified atom stereocenters. The molecule has 1 saturated heterocycles. The topological polar surface area (TPSA) is 65.1 Å². The van der Waals surface area contributed by atoms with Crippen molar-refractivity contribution in [2.45, 2.75) is 6.92 Å². The number of hydrogen-bond acceptors (Lipinski definition) is 6. The summed E-state index contributed by atoms with van der Waals surface area (Å²) in [5.74, 6) is 1.58. The minimum atomic E-state index is -0.327. The van der Waals surface area contributed by atoms with Crippen LogP contribution in [0, 0.1) is 3.57 Å². The highest BCUT2D eigenvalue weighted by Crippen LogP contribution is 2.37. The average Bonchev–Trinajstić information content (AvgIpc) is 3.01. The maximum Gasteiger partial charge on any atom is 0.293 e. The number of imide groups is 1. The maximum atomic E-state index is 12.8. The fourth-order valence-electron chi connectivity index (χ4n) is 2.83. The van der Waals surface area contributed by atoms with Crippen LogP contribution in [0.15, 0.2) is 60.0 Å². The van der Waals surface area contributed by atoms with E-state index < -0.39 is 0 Å². The smallest absolute Gasteiger partial charge is 0.293 e. The number of thioether (sulfide) groups is 1. The summed E-state index contributed by atoms with van der Waals surface area (Å²) in [5.41, 5.74) is 0.754. The van der Waals surface area contributed by atoms with Crippen LogP contribution in [0.3, 0.4) is 0 Å². The van der Waals surface area contributed by atoms with E-state index in [4.69, 9.17) is 14.2 Å². The van der Waals surface area contributed by atoms with Crippen molar-refractivity contribution < 1.29 is 23.8 Å². The lowest BCUT2D eigenvalue weighted by atomic mass is 10.2. The highest BCUT2D eigenvalue weighted by atomic mass is 127. The Bertz CT molecular complexity index is 993. The molecule has 0 bridgehead atoms. The molecule has 162 valence electrons. The van der Waals surface area contributed by atoms with Gasteiger partial charge in [-0.3, -0.25) is 14.5 Å². The third kappa shape index (κ3) is 6.04. The zero-order chi connectivity index (χ0) is 22.2. The number of halogens is 1. The van der Waals surface area contributed by atoms with Crippen LogP contribution in [-0.4, -0.2) is 42.4 Å². The number of benzene rings is 2. The van der Waals surface area contributed by atoms with Crippen molar-refractivity contribution in [2.75, 3.05) is 26.4 Å². The second-order valence-corrected chi connectivity index (χ2v) is 8.51. The van der Waals surface area contributed by atoms with Crippen LogP contribution in [0.2, 0.25) is 0 Å². The van der Waals surface area contributed by atoms with Gasteiger partial charge in [0.25, 0.3) is 11.1 Å². The minimum absolute atomic E-state index is 0.187. The summed E-state index contributed by atoms with van der Waals surface area (Å²) in [4.78, 5) is 26.7. The number of hydrogen-bond donors (Lipinski definition) is 0. The molecule has 0 atom stereocenters. The molecule has 8 heteroatoms. The van der Waals surface area contributed by atoms with Crippen molar-refractivity contribution in [3.8, 4) is 17.2 Å². The Hall–Kier alpha value is -2.46. The lowest BCUT2D eigenvalue weighted by molar-refractivity contribution is -0.123. The van der Waals surface area contributed by atoms with E-state index in [0.29, 0.717) is 35.4 Å². The monoisotopic (exact) mass is 551 g/mol. The third-order valence-electron chi connectivity index (χ3n) is 4.18. The fraction of sp³-hybridized carbons (Fsp3) is 0.217. The summed E-state index contributed by atoms with van der Waals surface area (Å²) < 4.78 is 17.9. The molecular weight excluding hydrogens is 529 g/mol. The van der Waals surface area contributed by atoms with E-state index in [1.165, 1.54) is 4.90 Å². The van der Waals surface area contributed by atoms with Crippen molar-refractivity contribution in [1.82, 2.24) is 4.90 Å². The van der Waals surface area contributed by atoms with Gasteiger partial charge in [-0.25, -0.2) is 0 Å². The predicted molar refractivity (Wildman–Crippen MR) is 131 cm³/mol. The maximum absolute atomic E-state index is 12.8. The Labute approximate surface area is 199 Å². The molecule has 31 heavy (non-hydrogen) atoms. The van der Waals surface area contributed by atoms with Crippen molar-refractivity contribution in [3.63, 3.8) is 0 Å². The lowest BCUT2D eigenvalue weighted by Crippen LogP contribution is -2.32. The van der Waals surface area contributed by atoms with Crippen LogP contribution < -0.4 is 14.2 Å². The SMILES string of the molecule is C=CCOc1c(I)cc(/C=C2\SC(=O)N(CCOc3ccccc3)C2=O)cc1OCC. The van der Waals surface area contributed by atoms with E-state index in [0.717, 1.165) is 20.9 Å². The van der Waals surface area contributed by atoms with Crippen molar-refractivity contribution in [2.24, 2.45) is 0 Å². The average molecular weight is 551 g/mol. The zero-order valence-corrected chi connectivity index (χ0v) is 20.0. The van der Waals surface area contributed by atoms with Gasteiger partial charge in [0.15, 0.2) is 11.5 Å². The molecule has 1 aliphatic rings. The normalized spacial score (nSPS) is 14.8. The van der Waals surface area contributed by atoms with Gasteiger partial charge in [0.2, 0.25) is 0 Å². The van der Waals surface area contributed by atoms with Crippen LogP contribution in [0.1, 0.15) is 12.5 Å². The van der Waals surface area contributed by atoms with E-state index >= 15 is 0 Å². The summed E-state index contributed by atoms with van der Waals surface area (Å²) in [6.45, 7) is 6.81. The first-order valence-electron chi connectivity index (χ1n) is 9.66. The zero-order valence-electron chi connectivity index (χ0n) is 17.0. The first-order chi connectivity index (χ1) is 15.0. The van der Waals surface area contributed by atoms with Crippen LogP contribution >= 0.6 is 34.4 Å². The van der Waals surface area contributed by atoms with Gasteiger partial charge in [0.1, 0.15) is 19.0 Å². The van der Waals surface area contributed by atoms with Crippen LogP contribution in [0.5, 0.6) is 17.2 Å². The molecule has 0 saturated carbocycles. The first-order valence-corrected chi connectivity index (χ1v) is 11.6. The third-order valence-corrected chi connectivity index (χ3v) is 5.88. The van der Waals surface area contributed by atoms with Crippen LogP contribution in [0.25, 0.3) is 6.08 Å². The van der Waals surface area contributed by atoms with Crippen molar-refractivity contribution in [1.29, 1.82) is 0 Å². The summed E-state index contributed by atoms with van der Waals surface area (Å²) in [5, 5.41) is -0.307. The molecule has 2 amide bonds. The molecular formula is C23H22INO5S. The van der Waals surface area contributed by atoms with Crippen LogP contribution in [0.4, 0.5) is 4.79 Å². The molecule has 2 aromatic carbocycles. The molecule has 1 aliphatic heterocycles. The van der Waals surface area contributed by atoms with Gasteiger partial charge >= 0.3 is 0 Å². The quantitative estimate of drug-likeness (QED) is 0.225. The molecule has 2 aromatic rings. The minimum Gasteiger partial charge on any atom is -0.492 e. The van der Waals surface area contributed by atoms with E-state index in [-0.39, 0.29) is 24.3 Å². The Morgan fingerprint density at radius 2 is 1.90 bits per heavy atom. The first kappa shape index (κ1) is 23.2. The van der Waals surface area contributed by atoms with Gasteiger partial charge in [-0.15, -0.1) is 0 Å². The van der Waals surface area contributed by atoms with Gasteiger partial charge in [0.05, 0.1) is 21.6 Å². The Kier molecular flexibility index (Phi) is 8.42. The number of para-hydroxylation sites is 1. The largest absolute Gasteiger partial charge is 0.492 e. The van der Waals surface area contributed by atoms with Crippen LogP contribution in [-0.2, 0) is 4.79 Å². The summed E-state index contributed by atoms with van der Waals surface area (Å²) in [7, 11) is 0. The van der Waals surface area contributed by atoms with Gasteiger partial charge in [-0.05, 0) is 77.2 Å². The fourth-order valence-corrected chi connectivity index (χ4v) is 4.48. The Morgan fingerprint density at radius 3 is 2.61 bits per heavy atom. The number of carbonyl (C=O) groups is 2. The standard InChI is InChI=1S/C23H22INO5S/c1-3-11-30-21-18(24)13-16(14-19(21)28-4-2)15-20-22(26)25(23(27)31-20)10-12-29-17-8-6-5-7-9-17/h3,5-9,13-15H,1,4,10-12H2,2H3/b20-15-. The van der Waals surface area contributed by atoms with E-state index in [1.54, 1.807) is 18.2 Å². The molecule has 0 N–H and O–H groups in total. The summed E-state index contributed by atoms with van der Waals surface area (Å²) in [6.07, 6.45) is 3.36. The lowest BCUT2D eigenvalue weighted by Gasteiger charge is -2.14. The van der Waals surface area contributed by atoms with Gasteiger partial charge < -0.3 is 14.2 Å². The van der Waals surface area contributed by atoms with E-state index in [2.05, 4.69) is 29.2 Å². The molecule has 1 heterocycles. The molecule has 0 aliphatic carbocycles. The highest BCUT2D eigenvalue weighted by Gasteiger charge is 2.34. The van der Waals surface area contributed by atoms with E-state index in [9.17, 15) is 9.59 Å². The highest BCUT2D eigenvalue weighted by molar-refractivity contribution is 14.1. The van der Waals surface area contributed by atoms with Gasteiger partial charge in [-0.2, -0.15) is 0 Å². The number of carbonyl (C=O) groups excluding carboxylic acids is 2. The predicted octanol–water partition coefficient (Wildman–Crippen LogP) is 5.37. The van der Waals surface area contributed by atoms with Crippen molar-refractivity contribution in [3.05, 3.63) is 69.2 Å². The number of amides is 2. The van der Waals surface area contributed by atoms with Gasteiger partial charge in [-0.1, -0.05) is 30.9 Å². The summed E-state index contributed by atoms with van der Waals surface area (Å²) in [6, 6.07) is 13.0. The molecule has 0 aromatic heterocycles. The Balaban J connectivity index is 1.73. The second kappa shape index (κ2) is 11.2. The second-order valence-electron chi connectivity index (χ2n) is 6.36. The number of rotatable bonds is 10. The molecule has 0 radical (unpaired) electrons.